The number of rotatable bonds is 3. The lowest BCUT2D eigenvalue weighted by Crippen LogP contribution is -2.58. The second-order valence-electron chi connectivity index (χ2n) is 5.28. The molecule has 20 heavy (non-hydrogen) atoms. The summed E-state index contributed by atoms with van der Waals surface area (Å²) in [6.45, 7) is 13.9. The maximum atomic E-state index is 3.56. The van der Waals surface area contributed by atoms with E-state index in [0.717, 1.165) is 57.5 Å². The summed E-state index contributed by atoms with van der Waals surface area (Å²) in [5, 5.41) is 10.6. The molecule has 3 rings (SSSR count). The molecular formula is C14H26N6. The van der Waals surface area contributed by atoms with Crippen LogP contribution in [0.25, 0.3) is 0 Å². The Balaban J connectivity index is 2.00. The molecule has 6 heteroatoms. The molecule has 0 aromatic rings. The highest BCUT2D eigenvalue weighted by Gasteiger charge is 2.35. The van der Waals surface area contributed by atoms with Crippen molar-refractivity contribution in [1.29, 1.82) is 0 Å². The molecule has 0 bridgehead atoms. The molecule has 6 nitrogen and oxygen atoms in total. The molecule has 0 saturated carbocycles. The number of likely N-dealkylation sites (N-methyl/N-ethyl adjacent to an activating group) is 2. The monoisotopic (exact) mass is 278 g/mol. The number of nitrogens with zero attached hydrogens (tertiary/aromatic N) is 3. The molecule has 3 heterocycles. The van der Waals surface area contributed by atoms with Crippen LogP contribution in [0.5, 0.6) is 0 Å². The van der Waals surface area contributed by atoms with Gasteiger partial charge in [0.15, 0.2) is 11.6 Å². The average Bonchev–Trinajstić information content (AvgIpc) is 2.51. The molecular weight excluding hydrogens is 252 g/mol. The largest absolute Gasteiger partial charge is 0.367 e. The van der Waals surface area contributed by atoms with Crippen molar-refractivity contribution in [3.05, 3.63) is 23.3 Å². The average molecular weight is 278 g/mol. The molecule has 0 atom stereocenters. The molecule has 0 aromatic carbocycles. The van der Waals surface area contributed by atoms with Gasteiger partial charge in [0.25, 0.3) is 0 Å². The molecule has 0 aliphatic carbocycles. The molecule has 0 fully saturated rings. The summed E-state index contributed by atoms with van der Waals surface area (Å²) in [5.41, 5.74) is 0. The van der Waals surface area contributed by atoms with Crippen LogP contribution < -0.4 is 16.0 Å². The second-order valence-corrected chi connectivity index (χ2v) is 5.28. The summed E-state index contributed by atoms with van der Waals surface area (Å²) < 4.78 is 0. The third-order valence-electron chi connectivity index (χ3n) is 4.25. The van der Waals surface area contributed by atoms with Crippen LogP contribution in [-0.4, -0.2) is 60.5 Å². The van der Waals surface area contributed by atoms with Gasteiger partial charge in [0.05, 0.1) is 0 Å². The van der Waals surface area contributed by atoms with Gasteiger partial charge in [-0.15, -0.1) is 0 Å². The van der Waals surface area contributed by atoms with Crippen LogP contribution in [0, 0.1) is 0 Å². The van der Waals surface area contributed by atoms with Crippen LogP contribution in [0.1, 0.15) is 20.8 Å². The van der Waals surface area contributed by atoms with Gasteiger partial charge in [-0.3, -0.25) is 0 Å². The topological polar surface area (TPSA) is 45.8 Å². The van der Waals surface area contributed by atoms with E-state index in [1.54, 1.807) is 0 Å². The van der Waals surface area contributed by atoms with Crippen molar-refractivity contribution in [3.8, 4) is 0 Å². The minimum absolute atomic E-state index is 0.982. The van der Waals surface area contributed by atoms with E-state index in [9.17, 15) is 0 Å². The highest BCUT2D eigenvalue weighted by Crippen LogP contribution is 2.29. The van der Waals surface area contributed by atoms with Crippen LogP contribution in [-0.2, 0) is 0 Å². The highest BCUT2D eigenvalue weighted by molar-refractivity contribution is 5.30. The fourth-order valence-electron chi connectivity index (χ4n) is 3.27. The van der Waals surface area contributed by atoms with Crippen molar-refractivity contribution in [2.24, 2.45) is 0 Å². The smallest absolute Gasteiger partial charge is 0.151 e. The Hall–Kier alpha value is -1.72. The Morgan fingerprint density at radius 3 is 1.70 bits per heavy atom. The lowest BCUT2D eigenvalue weighted by Gasteiger charge is -2.48. The van der Waals surface area contributed by atoms with Crippen LogP contribution >= 0.6 is 0 Å². The van der Waals surface area contributed by atoms with Gasteiger partial charge >= 0.3 is 0 Å². The number of nitrogens with one attached hydrogen (secondary N) is 3. The highest BCUT2D eigenvalue weighted by atomic mass is 15.5. The quantitative estimate of drug-likeness (QED) is 0.676. The Bertz CT molecular complexity index is 403. The Morgan fingerprint density at radius 1 is 0.800 bits per heavy atom. The molecule has 3 N–H and O–H groups in total. The zero-order valence-electron chi connectivity index (χ0n) is 12.8. The summed E-state index contributed by atoms with van der Waals surface area (Å²) >= 11 is 0. The summed E-state index contributed by atoms with van der Waals surface area (Å²) in [6, 6.07) is 0. The molecule has 112 valence electrons. The predicted octanol–water partition coefficient (Wildman–Crippen LogP) is 0.0149. The van der Waals surface area contributed by atoms with Crippen molar-refractivity contribution < 1.29 is 0 Å². The van der Waals surface area contributed by atoms with E-state index in [4.69, 9.17) is 0 Å². The standard InChI is InChI=1S/C14H26N6/c1-4-18-9-7-15-11-13(18)20(6-3)14-12(17-11)16-8-10-19(14)5-2/h15-17H,4-10H2,1-3H3. The van der Waals surface area contributed by atoms with Gasteiger partial charge in [-0.05, 0) is 20.8 Å². The zero-order valence-corrected chi connectivity index (χ0v) is 12.8. The van der Waals surface area contributed by atoms with Crippen LogP contribution in [0.15, 0.2) is 23.3 Å². The van der Waals surface area contributed by atoms with Crippen molar-refractivity contribution in [2.45, 2.75) is 20.8 Å². The van der Waals surface area contributed by atoms with Crippen molar-refractivity contribution >= 4 is 0 Å². The summed E-state index contributed by atoms with van der Waals surface area (Å²) in [7, 11) is 0. The summed E-state index contributed by atoms with van der Waals surface area (Å²) in [4.78, 5) is 7.34. The first-order chi connectivity index (χ1) is 9.80. The van der Waals surface area contributed by atoms with Gasteiger partial charge in [0, 0.05) is 45.8 Å². The van der Waals surface area contributed by atoms with Gasteiger partial charge in [0.1, 0.15) is 11.6 Å². The minimum Gasteiger partial charge on any atom is -0.367 e. The Kier molecular flexibility index (Phi) is 3.54. The third-order valence-corrected chi connectivity index (χ3v) is 4.25. The zero-order chi connectivity index (χ0) is 14.1. The normalized spacial score (nSPS) is 22.1. The molecule has 3 aliphatic rings. The van der Waals surface area contributed by atoms with E-state index >= 15 is 0 Å². The molecule has 0 aromatic heterocycles. The van der Waals surface area contributed by atoms with E-state index in [1.165, 1.54) is 11.6 Å². The number of hydrogen-bond donors (Lipinski definition) is 3. The molecule has 0 radical (unpaired) electrons. The maximum Gasteiger partial charge on any atom is 0.151 e. The first-order valence-corrected chi connectivity index (χ1v) is 7.80. The van der Waals surface area contributed by atoms with Crippen molar-refractivity contribution in [2.75, 3.05) is 45.8 Å². The molecule has 0 saturated heterocycles. The van der Waals surface area contributed by atoms with E-state index in [2.05, 4.69) is 51.4 Å². The van der Waals surface area contributed by atoms with Gasteiger partial charge in [-0.2, -0.15) is 0 Å². The lowest BCUT2D eigenvalue weighted by molar-refractivity contribution is 0.151. The Morgan fingerprint density at radius 2 is 1.30 bits per heavy atom. The third kappa shape index (κ3) is 1.94. The van der Waals surface area contributed by atoms with Crippen LogP contribution in [0.2, 0.25) is 0 Å². The van der Waals surface area contributed by atoms with E-state index in [-0.39, 0.29) is 0 Å². The van der Waals surface area contributed by atoms with Gasteiger partial charge in [-0.1, -0.05) is 0 Å². The summed E-state index contributed by atoms with van der Waals surface area (Å²) in [6.07, 6.45) is 0. The van der Waals surface area contributed by atoms with Crippen molar-refractivity contribution in [1.82, 2.24) is 30.7 Å². The number of hydrogen-bond acceptors (Lipinski definition) is 6. The van der Waals surface area contributed by atoms with E-state index < -0.39 is 0 Å². The first-order valence-electron chi connectivity index (χ1n) is 7.80. The molecule has 3 aliphatic heterocycles. The fraction of sp³-hybridized carbons (Fsp3) is 0.714. The van der Waals surface area contributed by atoms with E-state index in [1.807, 2.05) is 0 Å². The van der Waals surface area contributed by atoms with Gasteiger partial charge in [0.2, 0.25) is 0 Å². The second kappa shape index (κ2) is 5.34. The van der Waals surface area contributed by atoms with E-state index in [0.29, 0.717) is 0 Å². The maximum absolute atomic E-state index is 3.56. The van der Waals surface area contributed by atoms with Crippen LogP contribution in [0.4, 0.5) is 0 Å². The SMILES string of the molecule is CCN1CCNC2=C1N(CC)C1=C(NCCN1CC)N2. The predicted molar refractivity (Wildman–Crippen MR) is 80.1 cm³/mol. The van der Waals surface area contributed by atoms with Gasteiger partial charge in [-0.25, -0.2) is 0 Å². The molecule has 0 amide bonds. The minimum atomic E-state index is 0.982. The first kappa shape index (κ1) is 13.3. The molecule has 0 unspecified atom stereocenters. The summed E-state index contributed by atoms with van der Waals surface area (Å²) in [5.74, 6) is 4.87. The van der Waals surface area contributed by atoms with Crippen LogP contribution in [0.3, 0.4) is 0 Å². The van der Waals surface area contributed by atoms with Gasteiger partial charge < -0.3 is 30.7 Å². The molecule has 0 spiro atoms. The Labute approximate surface area is 121 Å². The van der Waals surface area contributed by atoms with Crippen molar-refractivity contribution in [3.63, 3.8) is 0 Å². The fourth-order valence-corrected chi connectivity index (χ4v) is 3.27. The lowest BCUT2D eigenvalue weighted by atomic mass is 10.2.